The Labute approximate surface area is 155 Å². The lowest BCUT2D eigenvalue weighted by Crippen LogP contribution is -2.34. The van der Waals surface area contributed by atoms with E-state index in [1.165, 1.54) is 0 Å². The van der Waals surface area contributed by atoms with Crippen molar-refractivity contribution in [3.8, 4) is 0 Å². The number of anilines is 1. The molecule has 140 valence electrons. The first-order valence-electron chi connectivity index (χ1n) is 9.30. The van der Waals surface area contributed by atoms with Crippen LogP contribution in [0.1, 0.15) is 70.3 Å². The molecule has 26 heavy (non-hydrogen) atoms. The van der Waals surface area contributed by atoms with Gasteiger partial charge in [0.25, 0.3) is 0 Å². The van der Waals surface area contributed by atoms with E-state index in [1.807, 2.05) is 24.0 Å². The van der Waals surface area contributed by atoms with Crippen molar-refractivity contribution >= 4 is 11.6 Å². The zero-order chi connectivity index (χ0) is 18.7. The van der Waals surface area contributed by atoms with E-state index in [2.05, 4.69) is 48.4 Å². The first-order chi connectivity index (χ1) is 12.3. The molecule has 0 aliphatic carbocycles. The van der Waals surface area contributed by atoms with E-state index in [4.69, 9.17) is 4.52 Å². The molecule has 0 bridgehead atoms. The van der Waals surface area contributed by atoms with Gasteiger partial charge >= 0.3 is 0 Å². The molecule has 6 heteroatoms. The molecule has 1 aromatic carbocycles. The van der Waals surface area contributed by atoms with Gasteiger partial charge in [0.15, 0.2) is 5.82 Å². The Morgan fingerprint density at radius 1 is 1.31 bits per heavy atom. The van der Waals surface area contributed by atoms with Gasteiger partial charge in [-0.1, -0.05) is 38.1 Å². The van der Waals surface area contributed by atoms with E-state index >= 15 is 0 Å². The predicted octanol–water partition coefficient (Wildman–Crippen LogP) is 4.05. The van der Waals surface area contributed by atoms with Crippen LogP contribution in [0.2, 0.25) is 0 Å². The van der Waals surface area contributed by atoms with E-state index in [0.29, 0.717) is 24.7 Å². The van der Waals surface area contributed by atoms with Crippen LogP contribution in [0.3, 0.4) is 0 Å². The van der Waals surface area contributed by atoms with Gasteiger partial charge < -0.3 is 14.7 Å². The minimum atomic E-state index is -0.137. The summed E-state index contributed by atoms with van der Waals surface area (Å²) in [6.07, 6.45) is 2.77. The van der Waals surface area contributed by atoms with Crippen LogP contribution < -0.4 is 5.32 Å². The number of piperidine rings is 1. The Morgan fingerprint density at radius 3 is 2.81 bits per heavy atom. The van der Waals surface area contributed by atoms with Gasteiger partial charge in [0.1, 0.15) is 6.04 Å². The Bertz CT molecular complexity index is 763. The van der Waals surface area contributed by atoms with E-state index in [-0.39, 0.29) is 17.4 Å². The molecule has 0 unspecified atom stereocenters. The first kappa shape index (κ1) is 18.4. The Kier molecular flexibility index (Phi) is 5.30. The smallest absolute Gasteiger partial charge is 0.248 e. The fraction of sp³-hybridized carbons (Fsp3) is 0.550. The van der Waals surface area contributed by atoms with Crippen LogP contribution >= 0.6 is 0 Å². The second-order valence-electron chi connectivity index (χ2n) is 8.05. The maximum Gasteiger partial charge on any atom is 0.248 e. The molecule has 1 fully saturated rings. The Balaban J connectivity index is 1.66. The van der Waals surface area contributed by atoms with Crippen LogP contribution in [0.5, 0.6) is 0 Å². The number of amides is 1. The van der Waals surface area contributed by atoms with Gasteiger partial charge in [0, 0.05) is 30.6 Å². The summed E-state index contributed by atoms with van der Waals surface area (Å²) in [7, 11) is 0. The minimum absolute atomic E-state index is 0.0922. The number of benzene rings is 1. The van der Waals surface area contributed by atoms with E-state index < -0.39 is 0 Å². The van der Waals surface area contributed by atoms with Crippen LogP contribution in [-0.4, -0.2) is 27.5 Å². The summed E-state index contributed by atoms with van der Waals surface area (Å²) in [6.45, 7) is 9.70. The summed E-state index contributed by atoms with van der Waals surface area (Å²) in [5.41, 5.74) is 1.97. The average Bonchev–Trinajstić information content (AvgIpc) is 3.08. The highest BCUT2D eigenvalue weighted by Crippen LogP contribution is 2.24. The Hall–Kier alpha value is -2.37. The summed E-state index contributed by atoms with van der Waals surface area (Å²) < 4.78 is 5.41. The summed E-state index contributed by atoms with van der Waals surface area (Å²) in [6, 6.07) is 8.07. The van der Waals surface area contributed by atoms with Crippen molar-refractivity contribution in [1.82, 2.24) is 15.0 Å². The molecule has 3 rings (SSSR count). The van der Waals surface area contributed by atoms with Gasteiger partial charge in [-0.3, -0.25) is 4.79 Å². The molecular weight excluding hydrogens is 328 g/mol. The van der Waals surface area contributed by atoms with Crippen LogP contribution in [-0.2, 0) is 16.8 Å². The number of aromatic nitrogens is 2. The highest BCUT2D eigenvalue weighted by molar-refractivity contribution is 5.76. The Morgan fingerprint density at radius 2 is 2.12 bits per heavy atom. The van der Waals surface area contributed by atoms with Gasteiger partial charge in [-0.25, -0.2) is 0 Å². The third-order valence-corrected chi connectivity index (χ3v) is 4.59. The zero-order valence-electron chi connectivity index (χ0n) is 16.1. The molecule has 0 saturated carbocycles. The quantitative estimate of drug-likeness (QED) is 0.875. The van der Waals surface area contributed by atoms with E-state index in [9.17, 15) is 4.79 Å². The molecule has 2 aromatic rings. The molecule has 6 nitrogen and oxygen atoms in total. The monoisotopic (exact) mass is 356 g/mol. The first-order valence-corrected chi connectivity index (χ1v) is 9.30. The zero-order valence-corrected chi connectivity index (χ0v) is 16.1. The SMILES string of the molecule is C[C@H](Nc1cccc(CN2CCCCC2=O)c1)c1nc(C(C)(C)C)no1. The van der Waals surface area contributed by atoms with Crippen molar-refractivity contribution in [3.63, 3.8) is 0 Å². The second-order valence-corrected chi connectivity index (χ2v) is 8.05. The number of hydrogen-bond acceptors (Lipinski definition) is 5. The average molecular weight is 356 g/mol. The molecule has 0 radical (unpaired) electrons. The molecule has 1 aliphatic rings. The third kappa shape index (κ3) is 4.42. The second kappa shape index (κ2) is 7.48. The van der Waals surface area contributed by atoms with Crippen molar-refractivity contribution < 1.29 is 9.32 Å². The summed E-state index contributed by atoms with van der Waals surface area (Å²) >= 11 is 0. The number of nitrogens with one attached hydrogen (secondary N) is 1. The summed E-state index contributed by atoms with van der Waals surface area (Å²) in [5, 5.41) is 7.50. The van der Waals surface area contributed by atoms with Crippen molar-refractivity contribution in [2.24, 2.45) is 0 Å². The normalized spacial score (nSPS) is 16.6. The number of likely N-dealkylation sites (tertiary alicyclic amines) is 1. The van der Waals surface area contributed by atoms with Crippen molar-refractivity contribution in [1.29, 1.82) is 0 Å². The third-order valence-electron chi connectivity index (χ3n) is 4.59. The molecule has 0 spiro atoms. The van der Waals surface area contributed by atoms with Gasteiger partial charge in [0.05, 0.1) is 0 Å². The van der Waals surface area contributed by atoms with E-state index in [1.54, 1.807) is 0 Å². The van der Waals surface area contributed by atoms with Crippen LogP contribution in [0.25, 0.3) is 0 Å². The lowest BCUT2D eigenvalue weighted by molar-refractivity contribution is -0.133. The lowest BCUT2D eigenvalue weighted by atomic mass is 9.96. The molecule has 1 aromatic heterocycles. The van der Waals surface area contributed by atoms with Crippen LogP contribution in [0.4, 0.5) is 5.69 Å². The molecule has 1 N–H and O–H groups in total. The summed E-state index contributed by atoms with van der Waals surface area (Å²) in [4.78, 5) is 18.5. The molecule has 1 aliphatic heterocycles. The molecule has 1 atom stereocenters. The van der Waals surface area contributed by atoms with E-state index in [0.717, 1.165) is 30.6 Å². The van der Waals surface area contributed by atoms with Crippen molar-refractivity contribution in [3.05, 3.63) is 41.5 Å². The van der Waals surface area contributed by atoms with Crippen molar-refractivity contribution in [2.75, 3.05) is 11.9 Å². The number of rotatable bonds is 5. The maximum absolute atomic E-state index is 12.0. The highest BCUT2D eigenvalue weighted by atomic mass is 16.5. The summed E-state index contributed by atoms with van der Waals surface area (Å²) in [5.74, 6) is 1.54. The highest BCUT2D eigenvalue weighted by Gasteiger charge is 2.23. The van der Waals surface area contributed by atoms with Gasteiger partial charge in [-0.15, -0.1) is 0 Å². The van der Waals surface area contributed by atoms with Gasteiger partial charge in [-0.2, -0.15) is 4.98 Å². The number of carbonyl (C=O) groups excluding carboxylic acids is 1. The molecule has 2 heterocycles. The molecule has 1 saturated heterocycles. The van der Waals surface area contributed by atoms with Gasteiger partial charge in [-0.05, 0) is 37.5 Å². The van der Waals surface area contributed by atoms with Crippen molar-refractivity contribution in [2.45, 2.75) is 65.0 Å². The number of carbonyl (C=O) groups is 1. The molecule has 1 amide bonds. The topological polar surface area (TPSA) is 71.3 Å². The molecular formula is C20H28N4O2. The predicted molar refractivity (Wildman–Crippen MR) is 101 cm³/mol. The van der Waals surface area contributed by atoms with Gasteiger partial charge in [0.2, 0.25) is 11.8 Å². The maximum atomic E-state index is 12.0. The number of nitrogens with zero attached hydrogens (tertiary/aromatic N) is 3. The number of hydrogen-bond donors (Lipinski definition) is 1. The van der Waals surface area contributed by atoms with Crippen LogP contribution in [0, 0.1) is 0 Å². The largest absolute Gasteiger partial charge is 0.374 e. The minimum Gasteiger partial charge on any atom is -0.374 e. The fourth-order valence-corrected chi connectivity index (χ4v) is 3.04. The standard InChI is InChI=1S/C20H28N4O2/c1-14(18-22-19(23-26-18)20(2,3)4)21-16-9-7-8-15(12-16)13-24-11-6-5-10-17(24)25/h7-9,12,14,21H,5-6,10-11,13H2,1-4H3/t14-/m0/s1. The fourth-order valence-electron chi connectivity index (χ4n) is 3.04. The lowest BCUT2D eigenvalue weighted by Gasteiger charge is -2.27. The van der Waals surface area contributed by atoms with Crippen LogP contribution in [0.15, 0.2) is 28.8 Å².